The van der Waals surface area contributed by atoms with Crippen molar-refractivity contribution in [2.45, 2.75) is 36.6 Å². The minimum atomic E-state index is -3.38. The summed E-state index contributed by atoms with van der Waals surface area (Å²) in [4.78, 5) is -0.00860. The fourth-order valence-corrected chi connectivity index (χ4v) is 3.41. The van der Waals surface area contributed by atoms with Gasteiger partial charge in [0.05, 0.1) is 10.6 Å². The molecule has 3 N–H and O–H groups in total. The van der Waals surface area contributed by atoms with Crippen molar-refractivity contribution in [3.05, 3.63) is 24.0 Å². The molecule has 1 aromatic rings. The fourth-order valence-electron chi connectivity index (χ4n) is 2.77. The van der Waals surface area contributed by atoms with E-state index in [0.717, 1.165) is 25.2 Å². The molecule has 1 fully saturated rings. The Balaban J connectivity index is 2.16. The van der Waals surface area contributed by atoms with Crippen LogP contribution in [0.4, 0.5) is 10.1 Å². The summed E-state index contributed by atoms with van der Waals surface area (Å²) >= 11 is 0. The van der Waals surface area contributed by atoms with Crippen LogP contribution >= 0.6 is 0 Å². The van der Waals surface area contributed by atoms with Crippen molar-refractivity contribution in [2.24, 2.45) is 11.7 Å². The molecule has 0 spiro atoms. The van der Waals surface area contributed by atoms with Crippen LogP contribution in [-0.2, 0) is 9.84 Å². The summed E-state index contributed by atoms with van der Waals surface area (Å²) < 4.78 is 36.7. The number of nitrogens with one attached hydrogen (secondary N) is 1. The van der Waals surface area contributed by atoms with Crippen LogP contribution in [0.25, 0.3) is 0 Å². The third-order valence-electron chi connectivity index (χ3n) is 3.93. The van der Waals surface area contributed by atoms with Crippen LogP contribution in [0.1, 0.15) is 25.7 Å². The lowest BCUT2D eigenvalue weighted by molar-refractivity contribution is 0.460. The number of benzene rings is 1. The number of nitrogens with two attached hydrogens (primary N) is 1. The number of anilines is 1. The Hall–Kier alpha value is -1.14. The van der Waals surface area contributed by atoms with E-state index in [-0.39, 0.29) is 10.9 Å². The quantitative estimate of drug-likeness (QED) is 0.874. The van der Waals surface area contributed by atoms with Gasteiger partial charge in [0.2, 0.25) is 0 Å². The van der Waals surface area contributed by atoms with Crippen LogP contribution in [0, 0.1) is 11.7 Å². The second-order valence-electron chi connectivity index (χ2n) is 5.44. The highest BCUT2D eigenvalue weighted by Crippen LogP contribution is 2.30. The molecule has 20 heavy (non-hydrogen) atoms. The molecule has 0 bridgehead atoms. The van der Waals surface area contributed by atoms with Gasteiger partial charge in [-0.25, -0.2) is 12.8 Å². The van der Waals surface area contributed by atoms with E-state index in [2.05, 4.69) is 5.32 Å². The standard InChI is InChI=1S/C14H21FN2O2S/c1-20(18,19)11-6-7-13(12(15)8-11)17-14(9-16)10-4-2-3-5-10/h6-8,10,14,17H,2-5,9,16H2,1H3. The fraction of sp³-hybridized carbons (Fsp3) is 0.571. The SMILES string of the molecule is CS(=O)(=O)c1ccc(NC(CN)C2CCCC2)c(F)c1. The van der Waals surface area contributed by atoms with Gasteiger partial charge in [0.25, 0.3) is 0 Å². The number of rotatable bonds is 5. The summed E-state index contributed by atoms with van der Waals surface area (Å²) in [6.07, 6.45) is 5.67. The highest BCUT2D eigenvalue weighted by Gasteiger charge is 2.24. The van der Waals surface area contributed by atoms with E-state index in [9.17, 15) is 12.8 Å². The van der Waals surface area contributed by atoms with E-state index >= 15 is 0 Å². The Kier molecular flexibility index (Phi) is 4.65. The van der Waals surface area contributed by atoms with Crippen LogP contribution in [0.3, 0.4) is 0 Å². The normalized spacial score (nSPS) is 18.1. The molecule has 0 aromatic heterocycles. The summed E-state index contributed by atoms with van der Waals surface area (Å²) in [5.41, 5.74) is 6.09. The molecule has 0 aliphatic heterocycles. The van der Waals surface area contributed by atoms with Gasteiger partial charge in [-0.05, 0) is 37.0 Å². The maximum absolute atomic E-state index is 14.0. The minimum Gasteiger partial charge on any atom is -0.378 e. The first-order chi connectivity index (χ1) is 9.41. The van der Waals surface area contributed by atoms with E-state index in [1.165, 1.54) is 25.0 Å². The van der Waals surface area contributed by atoms with Gasteiger partial charge < -0.3 is 11.1 Å². The summed E-state index contributed by atoms with van der Waals surface area (Å²) in [6.45, 7) is 0.442. The van der Waals surface area contributed by atoms with Crippen molar-refractivity contribution in [2.75, 3.05) is 18.1 Å². The molecule has 1 atom stereocenters. The van der Waals surface area contributed by atoms with E-state index in [0.29, 0.717) is 18.2 Å². The topological polar surface area (TPSA) is 72.2 Å². The maximum Gasteiger partial charge on any atom is 0.175 e. The van der Waals surface area contributed by atoms with Gasteiger partial charge in [-0.2, -0.15) is 0 Å². The third kappa shape index (κ3) is 3.49. The van der Waals surface area contributed by atoms with E-state index in [1.54, 1.807) is 0 Å². The third-order valence-corrected chi connectivity index (χ3v) is 5.04. The van der Waals surface area contributed by atoms with Gasteiger partial charge in [-0.1, -0.05) is 12.8 Å². The van der Waals surface area contributed by atoms with Gasteiger partial charge in [0.15, 0.2) is 9.84 Å². The molecule has 1 saturated carbocycles. The molecule has 0 radical (unpaired) electrons. The van der Waals surface area contributed by atoms with Crippen molar-refractivity contribution in [3.8, 4) is 0 Å². The van der Waals surface area contributed by atoms with E-state index in [4.69, 9.17) is 5.73 Å². The highest BCUT2D eigenvalue weighted by molar-refractivity contribution is 7.90. The van der Waals surface area contributed by atoms with Crippen molar-refractivity contribution in [1.29, 1.82) is 0 Å². The van der Waals surface area contributed by atoms with Crippen molar-refractivity contribution in [3.63, 3.8) is 0 Å². The molecule has 1 unspecified atom stereocenters. The number of hydrogen-bond donors (Lipinski definition) is 2. The molecule has 6 heteroatoms. The molecule has 4 nitrogen and oxygen atoms in total. The summed E-state index contributed by atoms with van der Waals surface area (Å²) in [5.74, 6) is -0.0849. The number of hydrogen-bond acceptors (Lipinski definition) is 4. The number of halogens is 1. The van der Waals surface area contributed by atoms with Crippen LogP contribution in [-0.4, -0.2) is 27.3 Å². The largest absolute Gasteiger partial charge is 0.378 e. The van der Waals surface area contributed by atoms with Crippen LogP contribution in [0.5, 0.6) is 0 Å². The molecule has 2 rings (SSSR count). The second kappa shape index (κ2) is 6.10. The Morgan fingerprint density at radius 2 is 2.05 bits per heavy atom. The Labute approximate surface area is 119 Å². The average molecular weight is 300 g/mol. The van der Waals surface area contributed by atoms with Crippen molar-refractivity contribution in [1.82, 2.24) is 0 Å². The molecular weight excluding hydrogens is 279 g/mol. The molecule has 112 valence electrons. The Morgan fingerprint density at radius 1 is 1.40 bits per heavy atom. The zero-order valence-corrected chi connectivity index (χ0v) is 12.4. The lowest BCUT2D eigenvalue weighted by Crippen LogP contribution is -2.35. The molecule has 1 aromatic carbocycles. The predicted octanol–water partition coefficient (Wildman–Crippen LogP) is 2.16. The Bertz CT molecular complexity index is 569. The first-order valence-electron chi connectivity index (χ1n) is 6.88. The van der Waals surface area contributed by atoms with Crippen molar-refractivity contribution < 1.29 is 12.8 Å². The summed E-state index contributed by atoms with van der Waals surface area (Å²) in [6, 6.07) is 3.99. The number of sulfone groups is 1. The Morgan fingerprint density at radius 3 is 2.55 bits per heavy atom. The van der Waals surface area contributed by atoms with Gasteiger partial charge in [0.1, 0.15) is 5.82 Å². The smallest absolute Gasteiger partial charge is 0.175 e. The lowest BCUT2D eigenvalue weighted by atomic mass is 9.98. The molecule has 0 amide bonds. The molecule has 1 aliphatic rings. The first-order valence-corrected chi connectivity index (χ1v) is 8.77. The molecule has 0 heterocycles. The average Bonchev–Trinajstić information content (AvgIpc) is 2.90. The highest BCUT2D eigenvalue weighted by atomic mass is 32.2. The summed E-state index contributed by atoms with van der Waals surface area (Å²) in [5, 5.41) is 3.12. The lowest BCUT2D eigenvalue weighted by Gasteiger charge is -2.24. The molecular formula is C14H21FN2O2S. The second-order valence-corrected chi connectivity index (χ2v) is 7.46. The molecule has 1 aliphatic carbocycles. The van der Waals surface area contributed by atoms with Crippen molar-refractivity contribution >= 4 is 15.5 Å². The zero-order valence-electron chi connectivity index (χ0n) is 11.6. The van der Waals surface area contributed by atoms with Crippen LogP contribution in [0.15, 0.2) is 23.1 Å². The summed E-state index contributed by atoms with van der Waals surface area (Å²) in [7, 11) is -3.38. The van der Waals surface area contributed by atoms with E-state index in [1.807, 2.05) is 0 Å². The van der Waals surface area contributed by atoms with E-state index < -0.39 is 15.7 Å². The van der Waals surface area contributed by atoms with Gasteiger partial charge >= 0.3 is 0 Å². The zero-order chi connectivity index (χ0) is 14.8. The maximum atomic E-state index is 14.0. The predicted molar refractivity (Wildman–Crippen MR) is 77.9 cm³/mol. The van der Waals surface area contributed by atoms with Gasteiger partial charge in [0, 0.05) is 18.8 Å². The van der Waals surface area contributed by atoms with Gasteiger partial charge in [-0.3, -0.25) is 0 Å². The van der Waals surface area contributed by atoms with Gasteiger partial charge in [-0.15, -0.1) is 0 Å². The molecule has 0 saturated heterocycles. The minimum absolute atomic E-state index is 0.00860. The van der Waals surface area contributed by atoms with Crippen LogP contribution in [0.2, 0.25) is 0 Å². The van der Waals surface area contributed by atoms with Crippen LogP contribution < -0.4 is 11.1 Å². The first kappa shape index (κ1) is 15.3. The monoisotopic (exact) mass is 300 g/mol.